The van der Waals surface area contributed by atoms with Crippen LogP contribution in [-0.2, 0) is 0 Å². The summed E-state index contributed by atoms with van der Waals surface area (Å²) in [7, 11) is 0. The fourth-order valence-electron chi connectivity index (χ4n) is 1.07. The normalized spacial score (nSPS) is 12.4. The summed E-state index contributed by atoms with van der Waals surface area (Å²) in [4.78, 5) is 19.3. The average Bonchev–Trinajstić information content (AvgIpc) is 2.26. The summed E-state index contributed by atoms with van der Waals surface area (Å²) in [5.74, 6) is 0.425. The molecule has 2 N–H and O–H groups in total. The number of hydrogen-bond acceptors (Lipinski definition) is 4. The number of carbonyl (C=O) groups excluding carboxylic acids is 1. The highest BCUT2D eigenvalue weighted by Crippen LogP contribution is 2.07. The average molecular weight is 193 g/mol. The molecule has 1 atom stereocenters. The van der Waals surface area contributed by atoms with E-state index in [9.17, 15) is 4.79 Å². The molecule has 4 heteroatoms. The maximum Gasteiger partial charge on any atom is 0.182 e. The molecule has 0 bridgehead atoms. The van der Waals surface area contributed by atoms with E-state index >= 15 is 0 Å². The smallest absolute Gasteiger partial charge is 0.182 e. The molecule has 0 radical (unpaired) electrons. The molecule has 1 unspecified atom stereocenters. The van der Waals surface area contributed by atoms with Gasteiger partial charge in [-0.05, 0) is 18.9 Å². The molecule has 0 fully saturated rings. The quantitative estimate of drug-likeness (QED) is 0.709. The number of carbonyl (C=O) groups is 1. The van der Waals surface area contributed by atoms with Gasteiger partial charge >= 0.3 is 0 Å². The van der Waals surface area contributed by atoms with Gasteiger partial charge in [0, 0.05) is 18.8 Å². The number of aromatic nitrogens is 2. The van der Waals surface area contributed by atoms with Crippen molar-refractivity contribution in [3.05, 3.63) is 24.3 Å². The molecule has 0 aliphatic rings. The van der Waals surface area contributed by atoms with Crippen LogP contribution in [0.15, 0.2) is 18.6 Å². The van der Waals surface area contributed by atoms with E-state index in [2.05, 4.69) is 9.97 Å². The Morgan fingerprint density at radius 2 is 2.36 bits per heavy atom. The number of nitrogens with two attached hydrogens (primary N) is 1. The molecule has 1 rings (SSSR count). The highest BCUT2D eigenvalue weighted by atomic mass is 16.1. The summed E-state index contributed by atoms with van der Waals surface area (Å²) in [5.41, 5.74) is 5.90. The van der Waals surface area contributed by atoms with Gasteiger partial charge in [0.05, 0.1) is 6.20 Å². The van der Waals surface area contributed by atoms with E-state index in [1.807, 2.05) is 6.92 Å². The molecular formula is C10H15N3O. The van der Waals surface area contributed by atoms with Crippen LogP contribution < -0.4 is 5.73 Å². The fourth-order valence-corrected chi connectivity index (χ4v) is 1.07. The van der Waals surface area contributed by atoms with Crippen LogP contribution in [0.4, 0.5) is 0 Å². The standard InChI is InChI=1S/C10H15N3O/c1-8(6-11)2-3-10(14)9-7-12-4-5-13-9/h4-5,7-8H,2-3,6,11H2,1H3. The topological polar surface area (TPSA) is 68.9 Å². The fraction of sp³-hybridized carbons (Fsp3) is 0.500. The highest BCUT2D eigenvalue weighted by molar-refractivity contribution is 5.93. The second kappa shape index (κ2) is 5.44. The molecule has 0 saturated carbocycles. The minimum Gasteiger partial charge on any atom is -0.330 e. The third-order valence-electron chi connectivity index (χ3n) is 2.12. The van der Waals surface area contributed by atoms with Gasteiger partial charge in [-0.25, -0.2) is 4.98 Å². The van der Waals surface area contributed by atoms with E-state index in [0.717, 1.165) is 6.42 Å². The predicted octanol–water partition coefficient (Wildman–Crippen LogP) is 1.03. The van der Waals surface area contributed by atoms with Crippen molar-refractivity contribution in [1.82, 2.24) is 9.97 Å². The van der Waals surface area contributed by atoms with Crippen molar-refractivity contribution in [3.8, 4) is 0 Å². The number of hydrogen-bond donors (Lipinski definition) is 1. The summed E-state index contributed by atoms with van der Waals surface area (Å²) >= 11 is 0. The highest BCUT2D eigenvalue weighted by Gasteiger charge is 2.08. The third kappa shape index (κ3) is 3.22. The number of rotatable bonds is 5. The molecular weight excluding hydrogens is 178 g/mol. The van der Waals surface area contributed by atoms with E-state index < -0.39 is 0 Å². The van der Waals surface area contributed by atoms with Crippen molar-refractivity contribution >= 4 is 5.78 Å². The second-order valence-corrected chi connectivity index (χ2v) is 3.39. The van der Waals surface area contributed by atoms with Crippen LogP contribution >= 0.6 is 0 Å². The summed E-state index contributed by atoms with van der Waals surface area (Å²) < 4.78 is 0. The van der Waals surface area contributed by atoms with E-state index in [1.54, 1.807) is 6.20 Å². The van der Waals surface area contributed by atoms with Crippen molar-refractivity contribution in [2.75, 3.05) is 6.54 Å². The summed E-state index contributed by atoms with van der Waals surface area (Å²) in [5, 5.41) is 0. The Balaban J connectivity index is 2.44. The summed E-state index contributed by atoms with van der Waals surface area (Å²) in [6, 6.07) is 0. The van der Waals surface area contributed by atoms with Gasteiger partial charge in [-0.2, -0.15) is 0 Å². The Morgan fingerprint density at radius 1 is 1.57 bits per heavy atom. The molecule has 1 aromatic heterocycles. The van der Waals surface area contributed by atoms with Crippen molar-refractivity contribution in [3.63, 3.8) is 0 Å². The van der Waals surface area contributed by atoms with Crippen molar-refractivity contribution < 1.29 is 4.79 Å². The van der Waals surface area contributed by atoms with Crippen molar-refractivity contribution in [2.45, 2.75) is 19.8 Å². The number of Topliss-reactive ketones (excluding diaryl/α,β-unsaturated/α-hetero) is 1. The van der Waals surface area contributed by atoms with Gasteiger partial charge in [0.15, 0.2) is 5.78 Å². The molecule has 76 valence electrons. The van der Waals surface area contributed by atoms with Gasteiger partial charge in [-0.15, -0.1) is 0 Å². The summed E-state index contributed by atoms with van der Waals surface area (Å²) in [6.45, 7) is 2.65. The lowest BCUT2D eigenvalue weighted by molar-refractivity contribution is 0.0970. The van der Waals surface area contributed by atoms with Crippen LogP contribution in [0.25, 0.3) is 0 Å². The van der Waals surface area contributed by atoms with Gasteiger partial charge in [0.25, 0.3) is 0 Å². The SMILES string of the molecule is CC(CN)CCC(=O)c1cnccn1. The molecule has 0 amide bonds. The van der Waals surface area contributed by atoms with Crippen LogP contribution in [0.2, 0.25) is 0 Å². The first kappa shape index (κ1) is 10.8. The zero-order valence-corrected chi connectivity index (χ0v) is 8.31. The summed E-state index contributed by atoms with van der Waals surface area (Å²) in [6.07, 6.45) is 5.89. The minimum atomic E-state index is 0.0402. The molecule has 0 spiro atoms. The van der Waals surface area contributed by atoms with Crippen LogP contribution in [0.5, 0.6) is 0 Å². The second-order valence-electron chi connectivity index (χ2n) is 3.39. The molecule has 0 aromatic carbocycles. The largest absolute Gasteiger partial charge is 0.330 e. The molecule has 14 heavy (non-hydrogen) atoms. The van der Waals surface area contributed by atoms with Crippen molar-refractivity contribution in [2.24, 2.45) is 11.7 Å². The van der Waals surface area contributed by atoms with Crippen LogP contribution in [0, 0.1) is 5.92 Å². The molecule has 0 saturated heterocycles. The molecule has 0 aliphatic heterocycles. The molecule has 0 aliphatic carbocycles. The van der Waals surface area contributed by atoms with Crippen LogP contribution in [-0.4, -0.2) is 22.3 Å². The van der Waals surface area contributed by atoms with Crippen LogP contribution in [0.3, 0.4) is 0 Å². The Hall–Kier alpha value is -1.29. The predicted molar refractivity (Wildman–Crippen MR) is 53.8 cm³/mol. The van der Waals surface area contributed by atoms with Gasteiger partial charge in [0.2, 0.25) is 0 Å². The van der Waals surface area contributed by atoms with Crippen molar-refractivity contribution in [1.29, 1.82) is 0 Å². The molecule has 1 aromatic rings. The molecule has 4 nitrogen and oxygen atoms in total. The Bertz CT molecular complexity index is 287. The Morgan fingerprint density at radius 3 is 2.93 bits per heavy atom. The maximum atomic E-state index is 11.5. The zero-order valence-electron chi connectivity index (χ0n) is 8.31. The lowest BCUT2D eigenvalue weighted by Gasteiger charge is -2.06. The monoisotopic (exact) mass is 193 g/mol. The lowest BCUT2D eigenvalue weighted by Crippen LogP contribution is -2.13. The van der Waals surface area contributed by atoms with Crippen LogP contribution in [0.1, 0.15) is 30.3 Å². The zero-order chi connectivity index (χ0) is 10.4. The van der Waals surface area contributed by atoms with Gasteiger partial charge in [0.1, 0.15) is 5.69 Å². The third-order valence-corrected chi connectivity index (χ3v) is 2.12. The maximum absolute atomic E-state index is 11.5. The Labute approximate surface area is 83.6 Å². The van der Waals surface area contributed by atoms with E-state index in [0.29, 0.717) is 24.6 Å². The van der Waals surface area contributed by atoms with E-state index in [4.69, 9.17) is 5.73 Å². The van der Waals surface area contributed by atoms with E-state index in [-0.39, 0.29) is 5.78 Å². The van der Waals surface area contributed by atoms with E-state index in [1.165, 1.54) is 12.4 Å². The minimum absolute atomic E-state index is 0.0402. The first-order valence-corrected chi connectivity index (χ1v) is 4.73. The van der Waals surface area contributed by atoms with Gasteiger partial charge < -0.3 is 5.73 Å². The number of nitrogens with zero attached hydrogens (tertiary/aromatic N) is 2. The Kier molecular flexibility index (Phi) is 4.19. The van der Waals surface area contributed by atoms with Gasteiger partial charge in [-0.1, -0.05) is 6.92 Å². The lowest BCUT2D eigenvalue weighted by atomic mass is 10.0. The van der Waals surface area contributed by atoms with Gasteiger partial charge in [-0.3, -0.25) is 9.78 Å². The molecule has 1 heterocycles. The first-order valence-electron chi connectivity index (χ1n) is 4.73. The number of ketones is 1. The first-order chi connectivity index (χ1) is 6.74.